The first kappa shape index (κ1) is 15.1. The highest BCUT2D eigenvalue weighted by molar-refractivity contribution is 5.93. The summed E-state index contributed by atoms with van der Waals surface area (Å²) in [6, 6.07) is 0.330. The average Bonchev–Trinajstić information content (AvgIpc) is 2.96. The van der Waals surface area contributed by atoms with E-state index >= 15 is 0 Å². The summed E-state index contributed by atoms with van der Waals surface area (Å²) < 4.78 is 0. The van der Waals surface area contributed by atoms with Crippen molar-refractivity contribution in [2.24, 2.45) is 0 Å². The van der Waals surface area contributed by atoms with Gasteiger partial charge in [0.15, 0.2) is 0 Å². The van der Waals surface area contributed by atoms with Crippen LogP contribution < -0.4 is 5.32 Å². The lowest BCUT2D eigenvalue weighted by Crippen LogP contribution is -2.34. The maximum absolute atomic E-state index is 12.1. The number of H-pyrrole nitrogens is 1. The monoisotopic (exact) mass is 277 g/mol. The molecule has 1 heterocycles. The molecular weight excluding hydrogens is 250 g/mol. The Morgan fingerprint density at radius 2 is 1.55 bits per heavy atom. The molecule has 0 aromatic carbocycles. The molecular formula is C16H27N3O. The molecule has 2 rings (SSSR count). The molecule has 0 unspecified atom stereocenters. The summed E-state index contributed by atoms with van der Waals surface area (Å²) >= 11 is 0. The normalized spacial score (nSPS) is 19.8. The molecule has 1 saturated carbocycles. The second kappa shape index (κ2) is 8.77. The third-order valence-corrected chi connectivity index (χ3v) is 4.20. The van der Waals surface area contributed by atoms with Crippen LogP contribution in [0.5, 0.6) is 0 Å². The largest absolute Gasteiger partial charge is 0.349 e. The molecule has 1 aromatic heterocycles. The predicted octanol–water partition coefficient (Wildman–Crippen LogP) is 3.81. The van der Waals surface area contributed by atoms with Gasteiger partial charge < -0.3 is 5.32 Å². The van der Waals surface area contributed by atoms with Crippen LogP contribution in [0, 0.1) is 0 Å². The van der Waals surface area contributed by atoms with Crippen molar-refractivity contribution in [1.29, 1.82) is 0 Å². The quantitative estimate of drug-likeness (QED) is 0.863. The van der Waals surface area contributed by atoms with Crippen LogP contribution in [-0.4, -0.2) is 22.1 Å². The second-order valence-corrected chi connectivity index (χ2v) is 5.92. The molecule has 1 aliphatic rings. The van der Waals surface area contributed by atoms with E-state index in [2.05, 4.69) is 15.5 Å². The van der Waals surface area contributed by atoms with Gasteiger partial charge >= 0.3 is 0 Å². The molecule has 1 aliphatic carbocycles. The summed E-state index contributed by atoms with van der Waals surface area (Å²) in [7, 11) is 0. The van der Waals surface area contributed by atoms with Gasteiger partial charge in [-0.2, -0.15) is 5.10 Å². The number of rotatable bonds is 2. The van der Waals surface area contributed by atoms with Crippen LogP contribution in [0.15, 0.2) is 12.4 Å². The first-order valence-corrected chi connectivity index (χ1v) is 8.16. The van der Waals surface area contributed by atoms with Gasteiger partial charge in [-0.05, 0) is 12.8 Å². The third-order valence-electron chi connectivity index (χ3n) is 4.20. The highest BCUT2D eigenvalue weighted by Gasteiger charge is 2.14. The van der Waals surface area contributed by atoms with Crippen molar-refractivity contribution in [3.8, 4) is 0 Å². The zero-order chi connectivity index (χ0) is 14.0. The van der Waals surface area contributed by atoms with Crippen LogP contribution in [0.1, 0.15) is 81.0 Å². The second-order valence-electron chi connectivity index (χ2n) is 5.92. The lowest BCUT2D eigenvalue weighted by atomic mass is 9.98. The smallest absolute Gasteiger partial charge is 0.254 e. The SMILES string of the molecule is O=C(NC1CCCCCCCCCCC1)c1cn[nH]c1. The van der Waals surface area contributed by atoms with E-state index in [9.17, 15) is 4.79 Å². The van der Waals surface area contributed by atoms with E-state index in [4.69, 9.17) is 0 Å². The van der Waals surface area contributed by atoms with Crippen LogP contribution in [-0.2, 0) is 0 Å². The third kappa shape index (κ3) is 5.35. The van der Waals surface area contributed by atoms with Gasteiger partial charge in [0, 0.05) is 12.2 Å². The molecule has 0 radical (unpaired) electrons. The number of hydrogen-bond acceptors (Lipinski definition) is 2. The molecule has 112 valence electrons. The average molecular weight is 277 g/mol. The summed E-state index contributed by atoms with van der Waals surface area (Å²) in [6.07, 6.45) is 17.4. The number of nitrogens with one attached hydrogen (secondary N) is 2. The number of nitrogens with zero attached hydrogens (tertiary/aromatic N) is 1. The number of carbonyl (C=O) groups is 1. The summed E-state index contributed by atoms with van der Waals surface area (Å²) in [5, 5.41) is 9.70. The topological polar surface area (TPSA) is 57.8 Å². The first-order chi connectivity index (χ1) is 9.86. The number of hydrogen-bond donors (Lipinski definition) is 2. The molecule has 1 fully saturated rings. The molecule has 4 nitrogen and oxygen atoms in total. The molecule has 0 saturated heterocycles. The molecule has 0 bridgehead atoms. The van der Waals surface area contributed by atoms with Crippen LogP contribution >= 0.6 is 0 Å². The minimum atomic E-state index is 0.0100. The molecule has 20 heavy (non-hydrogen) atoms. The van der Waals surface area contributed by atoms with Crippen molar-refractivity contribution in [1.82, 2.24) is 15.5 Å². The van der Waals surface area contributed by atoms with Gasteiger partial charge in [0.05, 0.1) is 11.8 Å². The minimum absolute atomic E-state index is 0.0100. The van der Waals surface area contributed by atoms with Gasteiger partial charge in [-0.1, -0.05) is 57.8 Å². The maximum Gasteiger partial charge on any atom is 0.254 e. The number of amides is 1. The van der Waals surface area contributed by atoms with Gasteiger partial charge in [-0.15, -0.1) is 0 Å². The van der Waals surface area contributed by atoms with E-state index < -0.39 is 0 Å². The van der Waals surface area contributed by atoms with E-state index in [0.29, 0.717) is 11.6 Å². The van der Waals surface area contributed by atoms with Crippen LogP contribution in [0.4, 0.5) is 0 Å². The van der Waals surface area contributed by atoms with Crippen molar-refractivity contribution < 1.29 is 4.79 Å². The highest BCUT2D eigenvalue weighted by atomic mass is 16.1. The Morgan fingerprint density at radius 3 is 2.05 bits per heavy atom. The Hall–Kier alpha value is -1.32. The van der Waals surface area contributed by atoms with Crippen LogP contribution in [0.3, 0.4) is 0 Å². The van der Waals surface area contributed by atoms with E-state index in [1.807, 2.05) is 0 Å². The Labute approximate surface area is 121 Å². The van der Waals surface area contributed by atoms with Gasteiger partial charge in [0.25, 0.3) is 5.91 Å². The Bertz CT molecular complexity index is 363. The number of aromatic nitrogens is 2. The zero-order valence-corrected chi connectivity index (χ0v) is 12.4. The molecule has 2 N–H and O–H groups in total. The standard InChI is InChI=1S/C16H27N3O/c20-16(14-12-17-18-13-14)19-15-10-8-6-4-2-1-3-5-7-9-11-15/h12-13,15H,1-11H2,(H,17,18)(H,19,20). The molecule has 4 heteroatoms. The Morgan fingerprint density at radius 1 is 1.00 bits per heavy atom. The fourth-order valence-corrected chi connectivity index (χ4v) is 2.95. The highest BCUT2D eigenvalue weighted by Crippen LogP contribution is 2.17. The van der Waals surface area contributed by atoms with E-state index in [-0.39, 0.29) is 5.91 Å². The zero-order valence-electron chi connectivity index (χ0n) is 12.4. The van der Waals surface area contributed by atoms with E-state index in [1.165, 1.54) is 57.8 Å². The van der Waals surface area contributed by atoms with Gasteiger partial charge in [0.1, 0.15) is 0 Å². The lowest BCUT2D eigenvalue weighted by Gasteiger charge is -2.19. The summed E-state index contributed by atoms with van der Waals surface area (Å²) in [5.74, 6) is 0.0100. The molecule has 0 atom stereocenters. The first-order valence-electron chi connectivity index (χ1n) is 8.16. The van der Waals surface area contributed by atoms with E-state index in [0.717, 1.165) is 12.8 Å². The minimum Gasteiger partial charge on any atom is -0.349 e. The molecule has 1 aromatic rings. The summed E-state index contributed by atoms with van der Waals surface area (Å²) in [5.41, 5.74) is 0.635. The van der Waals surface area contributed by atoms with Crippen LogP contribution in [0.25, 0.3) is 0 Å². The van der Waals surface area contributed by atoms with Gasteiger partial charge in [0.2, 0.25) is 0 Å². The predicted molar refractivity (Wildman–Crippen MR) is 80.6 cm³/mol. The Kier molecular flexibility index (Phi) is 6.61. The lowest BCUT2D eigenvalue weighted by molar-refractivity contribution is 0.0931. The van der Waals surface area contributed by atoms with Crippen molar-refractivity contribution in [3.05, 3.63) is 18.0 Å². The van der Waals surface area contributed by atoms with Crippen molar-refractivity contribution in [3.63, 3.8) is 0 Å². The summed E-state index contributed by atoms with van der Waals surface area (Å²) in [6.45, 7) is 0. The fourth-order valence-electron chi connectivity index (χ4n) is 2.95. The molecule has 0 aliphatic heterocycles. The van der Waals surface area contributed by atoms with Gasteiger partial charge in [-0.25, -0.2) is 0 Å². The van der Waals surface area contributed by atoms with Crippen LogP contribution in [0.2, 0.25) is 0 Å². The number of aromatic amines is 1. The Balaban J connectivity index is 1.81. The molecule has 0 spiro atoms. The number of carbonyl (C=O) groups excluding carboxylic acids is 1. The summed E-state index contributed by atoms with van der Waals surface area (Å²) in [4.78, 5) is 12.1. The maximum atomic E-state index is 12.1. The van der Waals surface area contributed by atoms with Crippen molar-refractivity contribution in [2.75, 3.05) is 0 Å². The van der Waals surface area contributed by atoms with Crippen molar-refractivity contribution >= 4 is 5.91 Å². The fraction of sp³-hybridized carbons (Fsp3) is 0.750. The van der Waals surface area contributed by atoms with Crippen molar-refractivity contribution in [2.45, 2.75) is 76.7 Å². The van der Waals surface area contributed by atoms with Gasteiger partial charge in [-0.3, -0.25) is 9.89 Å². The molecule has 1 amide bonds. The van der Waals surface area contributed by atoms with E-state index in [1.54, 1.807) is 12.4 Å².